The Labute approximate surface area is 235 Å². The van der Waals surface area contributed by atoms with E-state index in [4.69, 9.17) is 13.9 Å². The van der Waals surface area contributed by atoms with E-state index in [0.717, 1.165) is 26.1 Å². The van der Waals surface area contributed by atoms with Gasteiger partial charge in [0.1, 0.15) is 11.4 Å². The van der Waals surface area contributed by atoms with E-state index >= 15 is 0 Å². The Balaban J connectivity index is 1.53. The van der Waals surface area contributed by atoms with Crippen LogP contribution in [0.2, 0.25) is 0 Å². The van der Waals surface area contributed by atoms with Crippen LogP contribution in [-0.2, 0) is 4.74 Å². The molecule has 2 heterocycles. The molecule has 0 atom stereocenters. The highest BCUT2D eigenvalue weighted by molar-refractivity contribution is 6.04. The summed E-state index contributed by atoms with van der Waals surface area (Å²) in [4.78, 5) is 29.6. The smallest absolute Gasteiger partial charge is 0.418 e. The van der Waals surface area contributed by atoms with E-state index in [1.165, 1.54) is 24.2 Å². The fourth-order valence-electron chi connectivity index (χ4n) is 4.50. The molecule has 1 saturated heterocycles. The first-order valence-electron chi connectivity index (χ1n) is 13.9. The third-order valence-corrected chi connectivity index (χ3v) is 6.37. The van der Waals surface area contributed by atoms with E-state index < -0.39 is 11.7 Å². The minimum Gasteiger partial charge on any atom is -0.493 e. The summed E-state index contributed by atoms with van der Waals surface area (Å²) in [6.07, 6.45) is 3.90. The number of hydrogen-bond acceptors (Lipinski definition) is 8. The lowest BCUT2D eigenvalue weighted by Crippen LogP contribution is -2.39. The van der Waals surface area contributed by atoms with E-state index in [2.05, 4.69) is 20.4 Å². The maximum atomic E-state index is 13.1. The zero-order chi connectivity index (χ0) is 28.5. The first-order valence-corrected chi connectivity index (χ1v) is 13.9. The molecule has 0 bridgehead atoms. The summed E-state index contributed by atoms with van der Waals surface area (Å²) in [5.74, 6) is 0.440. The van der Waals surface area contributed by atoms with E-state index in [0.29, 0.717) is 35.7 Å². The first-order chi connectivity index (χ1) is 19.2. The van der Waals surface area contributed by atoms with Gasteiger partial charge in [-0.05, 0) is 90.9 Å². The Bertz CT molecular complexity index is 1260. The largest absolute Gasteiger partial charge is 0.493 e. The summed E-state index contributed by atoms with van der Waals surface area (Å²) in [6, 6.07) is 14.2. The average molecular weight is 550 g/mol. The number of carbonyl (C=O) groups excluding carboxylic acids is 2. The maximum absolute atomic E-state index is 13.1. The molecule has 0 aliphatic carbocycles. The summed E-state index contributed by atoms with van der Waals surface area (Å²) in [5, 5.41) is 11.3. The van der Waals surface area contributed by atoms with Gasteiger partial charge in [-0.2, -0.15) is 0 Å². The fourth-order valence-corrected chi connectivity index (χ4v) is 4.50. The standard InChI is InChI=1S/C30H39N5O5/c1-5-38-25-21-23(31-26(36)22-13-8-6-9-14-22)15-16-24(25)27-32-33-28(39-27)35(29(37)40-30(2,3)4)20-12-19-34-17-10-7-11-18-34/h6,8-9,13-16,21H,5,7,10-12,17-20H2,1-4H3,(H,31,36). The summed E-state index contributed by atoms with van der Waals surface area (Å²) < 4.78 is 17.5. The van der Waals surface area contributed by atoms with Crippen molar-refractivity contribution >= 4 is 23.7 Å². The monoisotopic (exact) mass is 549 g/mol. The molecule has 214 valence electrons. The van der Waals surface area contributed by atoms with Crippen molar-refractivity contribution in [3.63, 3.8) is 0 Å². The fraction of sp³-hybridized carbons (Fsp3) is 0.467. The highest BCUT2D eigenvalue weighted by Gasteiger charge is 2.28. The van der Waals surface area contributed by atoms with Crippen LogP contribution in [0, 0.1) is 0 Å². The van der Waals surface area contributed by atoms with Gasteiger partial charge < -0.3 is 24.1 Å². The van der Waals surface area contributed by atoms with Crippen LogP contribution in [0.5, 0.6) is 5.75 Å². The van der Waals surface area contributed by atoms with Crippen LogP contribution < -0.4 is 15.0 Å². The number of amides is 2. The zero-order valence-electron chi connectivity index (χ0n) is 23.8. The molecular weight excluding hydrogens is 510 g/mol. The molecule has 1 fully saturated rings. The van der Waals surface area contributed by atoms with Crippen molar-refractivity contribution in [2.24, 2.45) is 0 Å². The quantitative estimate of drug-likeness (QED) is 0.328. The Morgan fingerprint density at radius 2 is 1.80 bits per heavy atom. The minimum atomic E-state index is -0.673. The molecule has 1 N–H and O–H groups in total. The van der Waals surface area contributed by atoms with Gasteiger partial charge in [0.2, 0.25) is 0 Å². The highest BCUT2D eigenvalue weighted by Crippen LogP contribution is 2.34. The van der Waals surface area contributed by atoms with Crippen LogP contribution >= 0.6 is 0 Å². The highest BCUT2D eigenvalue weighted by atomic mass is 16.6. The number of piperidine rings is 1. The van der Waals surface area contributed by atoms with Gasteiger partial charge >= 0.3 is 12.1 Å². The molecule has 1 aliphatic rings. The molecular formula is C30H39N5O5. The predicted octanol–water partition coefficient (Wildman–Crippen LogP) is 6.01. The number of likely N-dealkylation sites (tertiary alicyclic amines) is 1. The number of benzene rings is 2. The summed E-state index contributed by atoms with van der Waals surface area (Å²) in [6.45, 7) is 11.2. The number of anilines is 2. The number of carbonyl (C=O) groups is 2. The third kappa shape index (κ3) is 8.05. The molecule has 2 aromatic carbocycles. The predicted molar refractivity (Wildman–Crippen MR) is 154 cm³/mol. The molecule has 40 heavy (non-hydrogen) atoms. The van der Waals surface area contributed by atoms with E-state index in [1.54, 1.807) is 30.3 Å². The first kappa shape index (κ1) is 29.1. The summed E-state index contributed by atoms with van der Waals surface area (Å²) in [5.41, 5.74) is 0.992. The van der Waals surface area contributed by atoms with E-state index in [1.807, 2.05) is 45.9 Å². The Morgan fingerprint density at radius 1 is 1.05 bits per heavy atom. The van der Waals surface area contributed by atoms with Gasteiger partial charge in [-0.3, -0.25) is 4.79 Å². The van der Waals surface area contributed by atoms with E-state index in [9.17, 15) is 9.59 Å². The van der Waals surface area contributed by atoms with Crippen LogP contribution in [0.15, 0.2) is 52.9 Å². The molecule has 0 spiro atoms. The molecule has 4 rings (SSSR count). The molecule has 3 aromatic rings. The van der Waals surface area contributed by atoms with E-state index in [-0.39, 0.29) is 17.8 Å². The summed E-state index contributed by atoms with van der Waals surface area (Å²) >= 11 is 0. The van der Waals surface area contributed by atoms with Crippen molar-refractivity contribution in [1.29, 1.82) is 0 Å². The second-order valence-electron chi connectivity index (χ2n) is 10.7. The van der Waals surface area contributed by atoms with Crippen molar-refractivity contribution in [3.8, 4) is 17.2 Å². The third-order valence-electron chi connectivity index (χ3n) is 6.37. The average Bonchev–Trinajstić information content (AvgIpc) is 3.41. The van der Waals surface area contributed by atoms with Crippen molar-refractivity contribution in [2.75, 3.05) is 43.0 Å². The number of nitrogens with zero attached hydrogens (tertiary/aromatic N) is 4. The Morgan fingerprint density at radius 3 is 2.50 bits per heavy atom. The maximum Gasteiger partial charge on any atom is 0.418 e. The molecule has 10 heteroatoms. The lowest BCUT2D eigenvalue weighted by Gasteiger charge is -2.28. The van der Waals surface area contributed by atoms with Gasteiger partial charge in [0, 0.05) is 23.9 Å². The summed E-state index contributed by atoms with van der Waals surface area (Å²) in [7, 11) is 0. The van der Waals surface area contributed by atoms with Crippen molar-refractivity contribution < 1.29 is 23.5 Å². The van der Waals surface area contributed by atoms with Crippen LogP contribution in [0.25, 0.3) is 11.5 Å². The van der Waals surface area contributed by atoms with Gasteiger partial charge in [0.05, 0.1) is 12.2 Å². The zero-order valence-corrected chi connectivity index (χ0v) is 23.8. The van der Waals surface area contributed by atoms with Gasteiger partial charge in [0.15, 0.2) is 0 Å². The van der Waals surface area contributed by atoms with Crippen molar-refractivity contribution in [2.45, 2.75) is 59.0 Å². The number of rotatable bonds is 10. The molecule has 0 radical (unpaired) electrons. The topological polar surface area (TPSA) is 110 Å². The SMILES string of the molecule is CCOc1cc(NC(=O)c2ccccc2)ccc1-c1nnc(N(CCCN2CCCCC2)C(=O)OC(C)(C)C)o1. The lowest BCUT2D eigenvalue weighted by molar-refractivity contribution is 0.0571. The normalized spacial score (nSPS) is 14.0. The number of ether oxygens (including phenoxy) is 2. The lowest BCUT2D eigenvalue weighted by atomic mass is 10.1. The molecule has 2 amide bonds. The van der Waals surface area contributed by atoms with Gasteiger partial charge in [-0.15, -0.1) is 5.10 Å². The minimum absolute atomic E-state index is 0.0619. The van der Waals surface area contributed by atoms with Crippen LogP contribution in [0.1, 0.15) is 63.7 Å². The molecule has 0 unspecified atom stereocenters. The second-order valence-corrected chi connectivity index (χ2v) is 10.7. The van der Waals surface area contributed by atoms with Crippen molar-refractivity contribution in [1.82, 2.24) is 15.1 Å². The number of aromatic nitrogens is 2. The Kier molecular flexibility index (Phi) is 9.76. The van der Waals surface area contributed by atoms with Gasteiger partial charge in [0.25, 0.3) is 11.8 Å². The Hall–Kier alpha value is -3.92. The number of hydrogen-bond donors (Lipinski definition) is 1. The van der Waals surface area contributed by atoms with Crippen LogP contribution in [-0.4, -0.2) is 65.5 Å². The number of nitrogens with one attached hydrogen (secondary N) is 1. The molecule has 10 nitrogen and oxygen atoms in total. The molecule has 1 aliphatic heterocycles. The van der Waals surface area contributed by atoms with Gasteiger partial charge in [-0.25, -0.2) is 9.69 Å². The van der Waals surface area contributed by atoms with Crippen molar-refractivity contribution in [3.05, 3.63) is 54.1 Å². The molecule has 0 saturated carbocycles. The van der Waals surface area contributed by atoms with Crippen LogP contribution in [0.4, 0.5) is 16.5 Å². The van der Waals surface area contributed by atoms with Crippen LogP contribution in [0.3, 0.4) is 0 Å². The molecule has 1 aromatic heterocycles. The van der Waals surface area contributed by atoms with Gasteiger partial charge in [-0.1, -0.05) is 29.7 Å². The second kappa shape index (κ2) is 13.4.